The molecule has 0 fully saturated rings. The van der Waals surface area contributed by atoms with Gasteiger partial charge in [0.1, 0.15) is 0 Å². The van der Waals surface area contributed by atoms with Crippen LogP contribution in [0.3, 0.4) is 0 Å². The Morgan fingerprint density at radius 3 is 1.74 bits per heavy atom. The molecule has 19 heavy (non-hydrogen) atoms. The van der Waals surface area contributed by atoms with E-state index in [1.54, 1.807) is 0 Å². The van der Waals surface area contributed by atoms with Crippen molar-refractivity contribution in [1.82, 2.24) is 0 Å². The Bertz CT molecular complexity index is 287. The van der Waals surface area contributed by atoms with Gasteiger partial charge in [0.2, 0.25) is 0 Å². The maximum absolute atomic E-state index is 11.5. The minimum atomic E-state index is -1.02. The van der Waals surface area contributed by atoms with Gasteiger partial charge in [-0.15, -0.1) is 0 Å². The molecule has 4 nitrogen and oxygen atoms in total. The van der Waals surface area contributed by atoms with Gasteiger partial charge in [-0.1, -0.05) is 47.0 Å². The molecule has 0 amide bonds. The molecule has 0 N–H and O–H groups in total. The van der Waals surface area contributed by atoms with Crippen molar-refractivity contribution in [3.05, 3.63) is 0 Å². The van der Waals surface area contributed by atoms with E-state index in [9.17, 15) is 19.8 Å². The molecular weight excluding hydrogens is 244 g/mol. The SMILES string of the molecule is CC(C)C(CCCCCCC(=O)[O-])(C(=O)[O-])C(C)C. The van der Waals surface area contributed by atoms with Crippen molar-refractivity contribution in [3.63, 3.8) is 0 Å². The summed E-state index contributed by atoms with van der Waals surface area (Å²) in [7, 11) is 0. The predicted octanol–water partition coefficient (Wildman–Crippen LogP) is 1.13. The van der Waals surface area contributed by atoms with E-state index in [0.29, 0.717) is 12.8 Å². The molecule has 0 aromatic carbocycles. The first-order chi connectivity index (χ1) is 8.75. The Hall–Kier alpha value is -1.06. The quantitative estimate of drug-likeness (QED) is 0.557. The molecule has 112 valence electrons. The maximum atomic E-state index is 11.5. The highest BCUT2D eigenvalue weighted by Crippen LogP contribution is 2.40. The number of hydrogen-bond acceptors (Lipinski definition) is 4. The fourth-order valence-corrected chi connectivity index (χ4v) is 2.86. The highest BCUT2D eigenvalue weighted by atomic mass is 16.4. The molecule has 0 radical (unpaired) electrons. The van der Waals surface area contributed by atoms with Crippen molar-refractivity contribution in [1.29, 1.82) is 0 Å². The third-order valence-electron chi connectivity index (χ3n) is 4.16. The lowest BCUT2D eigenvalue weighted by molar-refractivity contribution is -0.325. The minimum absolute atomic E-state index is 0.0284. The van der Waals surface area contributed by atoms with Crippen LogP contribution in [0.25, 0.3) is 0 Å². The lowest BCUT2D eigenvalue weighted by Gasteiger charge is -2.42. The number of unbranched alkanes of at least 4 members (excludes halogenated alkanes) is 3. The summed E-state index contributed by atoms with van der Waals surface area (Å²) in [6.07, 6.45) is 3.71. The van der Waals surface area contributed by atoms with Gasteiger partial charge in [0.05, 0.1) is 0 Å². The van der Waals surface area contributed by atoms with E-state index in [1.165, 1.54) is 0 Å². The van der Waals surface area contributed by atoms with Crippen molar-refractivity contribution >= 4 is 11.9 Å². The molecule has 0 aliphatic rings. The molecule has 0 bridgehead atoms. The molecule has 0 rings (SSSR count). The van der Waals surface area contributed by atoms with Crippen molar-refractivity contribution < 1.29 is 19.8 Å². The van der Waals surface area contributed by atoms with Gasteiger partial charge in [0.15, 0.2) is 0 Å². The number of hydrogen-bond donors (Lipinski definition) is 0. The second kappa shape index (κ2) is 8.18. The van der Waals surface area contributed by atoms with E-state index in [1.807, 2.05) is 27.7 Å². The normalized spacial score (nSPS) is 12.1. The minimum Gasteiger partial charge on any atom is -0.550 e. The van der Waals surface area contributed by atoms with Gasteiger partial charge in [-0.2, -0.15) is 0 Å². The van der Waals surface area contributed by atoms with Crippen molar-refractivity contribution in [2.75, 3.05) is 0 Å². The van der Waals surface area contributed by atoms with Gasteiger partial charge in [0.25, 0.3) is 0 Å². The van der Waals surface area contributed by atoms with Crippen LogP contribution in [0.15, 0.2) is 0 Å². The van der Waals surface area contributed by atoms with Crippen LogP contribution in [0.5, 0.6) is 0 Å². The molecule has 0 spiro atoms. The summed E-state index contributed by atoms with van der Waals surface area (Å²) in [5.41, 5.74) is -0.783. The lowest BCUT2D eigenvalue weighted by atomic mass is 9.66. The van der Waals surface area contributed by atoms with Crippen LogP contribution in [0.4, 0.5) is 0 Å². The molecule has 0 aliphatic heterocycles. The van der Waals surface area contributed by atoms with Gasteiger partial charge in [0, 0.05) is 17.4 Å². The summed E-state index contributed by atoms with van der Waals surface area (Å²) in [6, 6.07) is 0. The topological polar surface area (TPSA) is 80.3 Å². The third-order valence-corrected chi connectivity index (χ3v) is 4.16. The molecule has 0 aliphatic carbocycles. The molecule has 0 heterocycles. The van der Waals surface area contributed by atoms with Gasteiger partial charge in [-0.3, -0.25) is 0 Å². The number of carbonyl (C=O) groups is 2. The van der Waals surface area contributed by atoms with Crippen molar-refractivity contribution in [2.45, 2.75) is 66.2 Å². The maximum Gasteiger partial charge on any atom is 0.0481 e. The summed E-state index contributed by atoms with van der Waals surface area (Å²) in [6.45, 7) is 7.69. The Morgan fingerprint density at radius 2 is 1.37 bits per heavy atom. The Balaban J connectivity index is 4.29. The van der Waals surface area contributed by atoms with Crippen LogP contribution in [0.1, 0.15) is 66.2 Å². The van der Waals surface area contributed by atoms with Crippen molar-refractivity contribution in [2.24, 2.45) is 17.3 Å². The van der Waals surface area contributed by atoms with E-state index in [0.717, 1.165) is 19.3 Å². The molecule has 0 atom stereocenters. The molecule has 0 saturated carbocycles. The smallest absolute Gasteiger partial charge is 0.0481 e. The molecule has 4 heteroatoms. The average Bonchev–Trinajstić information content (AvgIpc) is 2.26. The van der Waals surface area contributed by atoms with Crippen molar-refractivity contribution in [3.8, 4) is 0 Å². The predicted molar refractivity (Wildman–Crippen MR) is 69.8 cm³/mol. The number of aliphatic carboxylic acids is 2. The zero-order valence-electron chi connectivity index (χ0n) is 12.5. The van der Waals surface area contributed by atoms with Gasteiger partial charge in [-0.05, 0) is 31.1 Å². The van der Waals surface area contributed by atoms with Crippen LogP contribution in [-0.2, 0) is 9.59 Å². The van der Waals surface area contributed by atoms with Crippen LogP contribution in [0, 0.1) is 17.3 Å². The van der Waals surface area contributed by atoms with E-state index in [-0.39, 0.29) is 18.3 Å². The number of carbonyl (C=O) groups excluding carboxylic acids is 2. The van der Waals surface area contributed by atoms with E-state index < -0.39 is 17.4 Å². The zero-order chi connectivity index (χ0) is 15.1. The fraction of sp³-hybridized carbons (Fsp3) is 0.867. The summed E-state index contributed by atoms with van der Waals surface area (Å²) >= 11 is 0. The fourth-order valence-electron chi connectivity index (χ4n) is 2.86. The highest BCUT2D eigenvalue weighted by Gasteiger charge is 2.37. The first-order valence-electron chi connectivity index (χ1n) is 7.16. The van der Waals surface area contributed by atoms with Crippen LogP contribution in [0.2, 0.25) is 0 Å². The first-order valence-corrected chi connectivity index (χ1v) is 7.16. The Labute approximate surface area is 116 Å². The summed E-state index contributed by atoms with van der Waals surface area (Å²) in [4.78, 5) is 21.8. The summed E-state index contributed by atoms with van der Waals surface area (Å²) in [5, 5.41) is 21.8. The zero-order valence-corrected chi connectivity index (χ0v) is 12.5. The molecule has 0 saturated heterocycles. The molecule has 0 aromatic rings. The van der Waals surface area contributed by atoms with Crippen LogP contribution in [-0.4, -0.2) is 11.9 Å². The largest absolute Gasteiger partial charge is 0.550 e. The molecule has 0 aromatic heterocycles. The Morgan fingerprint density at radius 1 is 0.895 bits per heavy atom. The monoisotopic (exact) mass is 270 g/mol. The van der Waals surface area contributed by atoms with Gasteiger partial charge in [-0.25, -0.2) is 0 Å². The van der Waals surface area contributed by atoms with E-state index in [2.05, 4.69) is 0 Å². The second-order valence-electron chi connectivity index (χ2n) is 5.92. The highest BCUT2D eigenvalue weighted by molar-refractivity contribution is 5.73. The standard InChI is InChI=1S/C15H28O4/c1-11(2)15(12(3)4,14(18)19)10-8-6-5-7-9-13(16)17/h11-12H,5-10H2,1-4H3,(H,16,17)(H,18,19)/p-2. The van der Waals surface area contributed by atoms with Crippen LogP contribution < -0.4 is 10.2 Å². The second-order valence-corrected chi connectivity index (χ2v) is 5.92. The summed E-state index contributed by atoms with van der Waals surface area (Å²) < 4.78 is 0. The average molecular weight is 270 g/mol. The number of carboxylic acids is 2. The van der Waals surface area contributed by atoms with Gasteiger partial charge >= 0.3 is 0 Å². The first kappa shape index (κ1) is 17.9. The van der Waals surface area contributed by atoms with E-state index in [4.69, 9.17) is 0 Å². The summed E-state index contributed by atoms with van der Waals surface area (Å²) in [5.74, 6) is -1.93. The Kier molecular flexibility index (Phi) is 7.72. The third kappa shape index (κ3) is 5.21. The lowest BCUT2D eigenvalue weighted by Crippen LogP contribution is -2.49. The van der Waals surface area contributed by atoms with E-state index >= 15 is 0 Å². The van der Waals surface area contributed by atoms with Crippen LogP contribution >= 0.6 is 0 Å². The molecule has 0 unspecified atom stereocenters. The number of carboxylic acid groups (broad SMARTS) is 2. The van der Waals surface area contributed by atoms with Gasteiger partial charge < -0.3 is 19.8 Å². The molecular formula is C15H26O4-2. The number of rotatable bonds is 10.